The molecule has 0 aromatic carbocycles. The third-order valence-electron chi connectivity index (χ3n) is 5.83. The number of nitrogens with zero attached hydrogens (tertiary/aromatic N) is 2. The van der Waals surface area contributed by atoms with E-state index in [0.29, 0.717) is 0 Å². The third kappa shape index (κ3) is 5.91. The molecule has 9 N–H and O–H groups in total. The molecule has 9 atom stereocenters. The lowest BCUT2D eigenvalue weighted by molar-refractivity contribution is -0.174. The Balaban J connectivity index is 1.72. The smallest absolute Gasteiger partial charge is 0.473 e. The number of phosphoric acid groups is 1. The summed E-state index contributed by atoms with van der Waals surface area (Å²) in [7, 11) is -5.25. The third-order valence-corrected chi connectivity index (χ3v) is 6.88. The number of carboxylic acids is 1. The fourth-order valence-electron chi connectivity index (χ4n) is 4.10. The van der Waals surface area contributed by atoms with Gasteiger partial charge in [-0.05, 0) is 6.07 Å². The van der Waals surface area contributed by atoms with Crippen LogP contribution in [0.2, 0.25) is 0 Å². The van der Waals surface area contributed by atoms with E-state index in [2.05, 4.69) is 10.3 Å². The highest BCUT2D eigenvalue weighted by molar-refractivity contribution is 7.47. The molecule has 2 fully saturated rings. The molecule has 3 rings (SSSR count). The number of amides is 1. The molecule has 2 heterocycles. The van der Waals surface area contributed by atoms with Gasteiger partial charge in [-0.1, -0.05) is 0 Å². The Morgan fingerprint density at radius 1 is 1.28 bits per heavy atom. The van der Waals surface area contributed by atoms with Crippen LogP contribution < -0.4 is 16.7 Å². The van der Waals surface area contributed by atoms with Crippen LogP contribution in [0.4, 0.5) is 5.82 Å². The fraction of sp³-hybridized carbons (Fsp3) is 0.667. The van der Waals surface area contributed by atoms with Gasteiger partial charge in [-0.3, -0.25) is 18.4 Å². The zero-order valence-corrected chi connectivity index (χ0v) is 19.7. The van der Waals surface area contributed by atoms with Crippen molar-refractivity contribution in [3.8, 4) is 0 Å². The number of ether oxygens (including phenoxy) is 1. The molecule has 0 radical (unpaired) electrons. The minimum absolute atomic E-state index is 0.101. The second-order valence-corrected chi connectivity index (χ2v) is 9.89. The number of carbonyl (C=O) groups is 2. The number of aromatic nitrogens is 2. The van der Waals surface area contributed by atoms with Crippen molar-refractivity contribution in [2.45, 2.75) is 68.2 Å². The lowest BCUT2D eigenvalue weighted by Gasteiger charge is -2.42. The second kappa shape index (κ2) is 10.5. The summed E-state index contributed by atoms with van der Waals surface area (Å²) in [6.07, 6.45) is -9.97. The van der Waals surface area contributed by atoms with E-state index in [9.17, 15) is 49.4 Å². The molecule has 1 aliphatic carbocycles. The molecule has 17 nitrogen and oxygen atoms in total. The first-order valence-corrected chi connectivity index (χ1v) is 12.1. The summed E-state index contributed by atoms with van der Waals surface area (Å²) in [4.78, 5) is 49.1. The van der Waals surface area contributed by atoms with E-state index < -0.39 is 93.2 Å². The standard InChI is InChI=1S/C18H27N4O13P/c1-7(23)20-8-4-18(16(28)29,5-9(24)12(8)25)35-36(31,32)33-6-10-13(26)14(27)15(34-10)22-3-2-11(19)21-17(22)30/h2-3,8-10,12-15,24-27H,4-6H2,1H3,(H,20,23)(H,28,29)(H,31,32)(H2,19,21,30)/t8-,9?,10-,12-,13?,14?,15-,18+/m1/s1. The number of rotatable bonds is 8. The first-order chi connectivity index (χ1) is 16.7. The SMILES string of the molecule is CC(=O)N[C@@H]1C[C@@](OP(=O)(O)OC[C@H]2O[C@@H](n3ccc(N)nc3=O)C(O)C2O)(C(=O)O)CC(O)[C@@H]1O. The minimum Gasteiger partial charge on any atom is -0.479 e. The first-order valence-electron chi connectivity index (χ1n) is 10.6. The van der Waals surface area contributed by atoms with Crippen LogP contribution in [0.1, 0.15) is 26.0 Å². The summed E-state index contributed by atoms with van der Waals surface area (Å²) in [5, 5.41) is 52.6. The molecular weight excluding hydrogens is 511 g/mol. The van der Waals surface area contributed by atoms with Crippen molar-refractivity contribution in [1.82, 2.24) is 14.9 Å². The maximum Gasteiger partial charge on any atom is 0.473 e. The van der Waals surface area contributed by atoms with Crippen molar-refractivity contribution in [2.75, 3.05) is 12.3 Å². The molecule has 1 aromatic heterocycles. The maximum atomic E-state index is 12.6. The van der Waals surface area contributed by atoms with Gasteiger partial charge in [0.2, 0.25) is 5.91 Å². The van der Waals surface area contributed by atoms with Gasteiger partial charge in [-0.25, -0.2) is 14.2 Å². The van der Waals surface area contributed by atoms with E-state index in [1.807, 2.05) is 0 Å². The number of aliphatic hydroxyl groups excluding tert-OH is 4. The summed E-state index contributed by atoms with van der Waals surface area (Å²) < 4.78 is 28.5. The summed E-state index contributed by atoms with van der Waals surface area (Å²) >= 11 is 0. The molecule has 36 heavy (non-hydrogen) atoms. The Hall–Kier alpha value is -2.47. The van der Waals surface area contributed by atoms with Gasteiger partial charge in [0.25, 0.3) is 0 Å². The van der Waals surface area contributed by atoms with E-state index in [1.54, 1.807) is 0 Å². The molecule has 1 aliphatic heterocycles. The van der Waals surface area contributed by atoms with E-state index in [-0.39, 0.29) is 5.82 Å². The Morgan fingerprint density at radius 3 is 2.53 bits per heavy atom. The van der Waals surface area contributed by atoms with Crippen molar-refractivity contribution < 1.29 is 58.4 Å². The minimum atomic E-state index is -5.25. The number of nitrogens with two attached hydrogens (primary N) is 1. The highest BCUT2D eigenvalue weighted by Gasteiger charge is 2.55. The molecule has 0 spiro atoms. The van der Waals surface area contributed by atoms with Gasteiger partial charge in [0.05, 0.1) is 18.8 Å². The fourth-order valence-corrected chi connectivity index (χ4v) is 5.16. The largest absolute Gasteiger partial charge is 0.479 e. The molecule has 1 amide bonds. The highest BCUT2D eigenvalue weighted by Crippen LogP contribution is 2.51. The van der Waals surface area contributed by atoms with Gasteiger partial charge in [0, 0.05) is 26.0 Å². The zero-order valence-electron chi connectivity index (χ0n) is 18.8. The number of hydrogen-bond acceptors (Lipinski definition) is 13. The number of nitrogens with one attached hydrogen (secondary N) is 1. The van der Waals surface area contributed by atoms with E-state index in [4.69, 9.17) is 19.5 Å². The lowest BCUT2D eigenvalue weighted by atomic mass is 9.78. The van der Waals surface area contributed by atoms with Crippen molar-refractivity contribution in [3.63, 3.8) is 0 Å². The highest BCUT2D eigenvalue weighted by atomic mass is 31.2. The quantitative estimate of drug-likeness (QED) is 0.149. The van der Waals surface area contributed by atoms with Gasteiger partial charge in [0.15, 0.2) is 11.8 Å². The monoisotopic (exact) mass is 538 g/mol. The van der Waals surface area contributed by atoms with Crippen LogP contribution in [0.15, 0.2) is 17.1 Å². The molecule has 1 saturated carbocycles. The van der Waals surface area contributed by atoms with Crippen LogP contribution in [0.5, 0.6) is 0 Å². The average Bonchev–Trinajstić information content (AvgIpc) is 3.03. The molecule has 18 heteroatoms. The lowest BCUT2D eigenvalue weighted by Crippen LogP contribution is -2.61. The Labute approximate surface area is 202 Å². The molecule has 4 unspecified atom stereocenters. The first kappa shape index (κ1) is 28.1. The number of aliphatic carboxylic acids is 1. The number of carboxylic acid groups (broad SMARTS) is 1. The van der Waals surface area contributed by atoms with E-state index >= 15 is 0 Å². The van der Waals surface area contributed by atoms with Crippen molar-refractivity contribution >= 4 is 25.5 Å². The topological polar surface area (TPSA) is 273 Å². The van der Waals surface area contributed by atoms with E-state index in [0.717, 1.165) is 17.7 Å². The second-order valence-electron chi connectivity index (χ2n) is 8.52. The number of carbonyl (C=O) groups excluding carboxylic acids is 1. The van der Waals surface area contributed by atoms with Crippen LogP contribution in [0.25, 0.3) is 0 Å². The summed E-state index contributed by atoms with van der Waals surface area (Å²) in [6.45, 7) is 0.190. The van der Waals surface area contributed by atoms with Crippen LogP contribution in [0, 0.1) is 0 Å². The molecule has 1 saturated heterocycles. The Bertz CT molecular complexity index is 1100. The molecular formula is C18H27N4O13P. The molecule has 1 aromatic rings. The van der Waals surface area contributed by atoms with E-state index in [1.165, 1.54) is 6.07 Å². The molecule has 202 valence electrons. The number of nitrogen functional groups attached to an aromatic ring is 1. The van der Waals surface area contributed by atoms with Crippen LogP contribution in [-0.4, -0.2) is 101 Å². The predicted molar refractivity (Wildman–Crippen MR) is 115 cm³/mol. The van der Waals surface area contributed by atoms with Crippen molar-refractivity contribution in [3.05, 3.63) is 22.7 Å². The maximum absolute atomic E-state index is 12.6. The summed E-state index contributed by atoms with van der Waals surface area (Å²) in [5.41, 5.74) is 1.96. The Morgan fingerprint density at radius 2 is 1.94 bits per heavy atom. The van der Waals surface area contributed by atoms with Gasteiger partial charge in [0.1, 0.15) is 30.2 Å². The van der Waals surface area contributed by atoms with Crippen LogP contribution in [-0.2, 0) is 27.9 Å². The number of phosphoric ester groups is 1. The number of aliphatic hydroxyl groups is 4. The zero-order chi connectivity index (χ0) is 27.0. The summed E-state index contributed by atoms with van der Waals surface area (Å²) in [6, 6.07) is -0.0940. The predicted octanol–water partition coefficient (Wildman–Crippen LogP) is -3.58. The van der Waals surface area contributed by atoms with Gasteiger partial charge in [-0.2, -0.15) is 4.98 Å². The van der Waals surface area contributed by atoms with Gasteiger partial charge >= 0.3 is 19.5 Å². The van der Waals surface area contributed by atoms with Crippen LogP contribution >= 0.6 is 7.82 Å². The van der Waals surface area contributed by atoms with Crippen LogP contribution in [0.3, 0.4) is 0 Å². The Kier molecular flexibility index (Phi) is 8.19. The van der Waals surface area contributed by atoms with Crippen molar-refractivity contribution in [2.24, 2.45) is 0 Å². The number of hydrogen-bond donors (Lipinski definition) is 8. The number of anilines is 1. The molecule has 0 bridgehead atoms. The normalized spacial score (nSPS) is 36.2. The van der Waals surface area contributed by atoms with Gasteiger partial charge in [-0.15, -0.1) is 0 Å². The average molecular weight is 538 g/mol. The van der Waals surface area contributed by atoms with Gasteiger partial charge < -0.3 is 46.2 Å². The molecule has 2 aliphatic rings. The van der Waals surface area contributed by atoms with Crippen molar-refractivity contribution in [1.29, 1.82) is 0 Å². The summed E-state index contributed by atoms with van der Waals surface area (Å²) in [5.74, 6) is -2.53.